The van der Waals surface area contributed by atoms with Gasteiger partial charge in [-0.05, 0) is 31.8 Å². The number of amides is 1. The number of hydrogen-bond donors (Lipinski definition) is 1. The van der Waals surface area contributed by atoms with Crippen molar-refractivity contribution in [3.63, 3.8) is 0 Å². The zero-order valence-corrected chi connectivity index (χ0v) is 9.91. The van der Waals surface area contributed by atoms with Crippen LogP contribution in [0.5, 0.6) is 0 Å². The smallest absolute Gasteiger partial charge is 0.240 e. The van der Waals surface area contributed by atoms with Crippen LogP contribution in [-0.2, 0) is 4.79 Å². The van der Waals surface area contributed by atoms with Crippen LogP contribution in [0.25, 0.3) is 0 Å². The van der Waals surface area contributed by atoms with E-state index >= 15 is 0 Å². The van der Waals surface area contributed by atoms with Gasteiger partial charge in [0.1, 0.15) is 5.41 Å². The van der Waals surface area contributed by atoms with E-state index in [0.29, 0.717) is 13.0 Å². The highest BCUT2D eigenvalue weighted by atomic mass is 32.2. The van der Waals surface area contributed by atoms with E-state index in [0.717, 1.165) is 12.2 Å². The Balaban J connectivity index is 3.90. The van der Waals surface area contributed by atoms with E-state index < -0.39 is 5.41 Å². The van der Waals surface area contributed by atoms with Gasteiger partial charge >= 0.3 is 0 Å². The standard InChI is InChI=1S/C10H18N2OS/c1-4-10(2,8-11)9(13)12-6-5-7-14-3/h4-7H2,1-3H3,(H,12,13). The molecule has 4 heteroatoms. The van der Waals surface area contributed by atoms with Crippen LogP contribution in [0.4, 0.5) is 0 Å². The molecule has 1 amide bonds. The third-order valence-corrected chi connectivity index (χ3v) is 2.96. The molecule has 0 aromatic rings. The Morgan fingerprint density at radius 2 is 2.29 bits per heavy atom. The fourth-order valence-electron chi connectivity index (χ4n) is 0.904. The Morgan fingerprint density at radius 3 is 2.71 bits per heavy atom. The van der Waals surface area contributed by atoms with Crippen molar-refractivity contribution in [1.82, 2.24) is 5.32 Å². The summed E-state index contributed by atoms with van der Waals surface area (Å²) >= 11 is 1.76. The van der Waals surface area contributed by atoms with E-state index in [2.05, 4.69) is 11.4 Å². The molecule has 3 nitrogen and oxygen atoms in total. The normalized spacial score (nSPS) is 14.1. The van der Waals surface area contributed by atoms with Gasteiger partial charge in [0, 0.05) is 6.54 Å². The van der Waals surface area contributed by atoms with Crippen molar-refractivity contribution in [3.05, 3.63) is 0 Å². The van der Waals surface area contributed by atoms with Crippen molar-refractivity contribution in [2.45, 2.75) is 26.7 Å². The Hall–Kier alpha value is -0.690. The number of carbonyl (C=O) groups excluding carboxylic acids is 1. The monoisotopic (exact) mass is 214 g/mol. The van der Waals surface area contributed by atoms with E-state index in [1.165, 1.54) is 0 Å². The molecule has 0 bridgehead atoms. The second-order valence-electron chi connectivity index (χ2n) is 3.40. The molecule has 0 radical (unpaired) electrons. The van der Waals surface area contributed by atoms with E-state index in [1.807, 2.05) is 13.2 Å². The van der Waals surface area contributed by atoms with Gasteiger partial charge in [-0.1, -0.05) is 6.92 Å². The van der Waals surface area contributed by atoms with Gasteiger partial charge in [0.25, 0.3) is 0 Å². The van der Waals surface area contributed by atoms with Crippen molar-refractivity contribution in [2.75, 3.05) is 18.6 Å². The second kappa shape index (κ2) is 6.72. The van der Waals surface area contributed by atoms with Gasteiger partial charge in [0.2, 0.25) is 5.91 Å². The summed E-state index contributed by atoms with van der Waals surface area (Å²) in [6, 6.07) is 2.05. The van der Waals surface area contributed by atoms with Crippen molar-refractivity contribution in [3.8, 4) is 6.07 Å². The fourth-order valence-corrected chi connectivity index (χ4v) is 1.34. The molecule has 0 saturated heterocycles. The van der Waals surface area contributed by atoms with Crippen LogP contribution in [0.3, 0.4) is 0 Å². The third-order valence-electron chi connectivity index (χ3n) is 2.27. The number of nitriles is 1. The summed E-state index contributed by atoms with van der Waals surface area (Å²) in [7, 11) is 0. The molecule has 0 rings (SSSR count). The summed E-state index contributed by atoms with van der Waals surface area (Å²) in [6.07, 6.45) is 3.54. The van der Waals surface area contributed by atoms with Gasteiger partial charge in [-0.15, -0.1) is 0 Å². The number of thioether (sulfide) groups is 1. The Labute approximate surface area is 90.3 Å². The summed E-state index contributed by atoms with van der Waals surface area (Å²) in [5.74, 6) is 0.888. The lowest BCUT2D eigenvalue weighted by molar-refractivity contribution is -0.127. The van der Waals surface area contributed by atoms with Gasteiger partial charge < -0.3 is 5.32 Å². The zero-order chi connectivity index (χ0) is 11.0. The Kier molecular flexibility index (Phi) is 6.39. The minimum absolute atomic E-state index is 0.149. The van der Waals surface area contributed by atoms with E-state index in [9.17, 15) is 4.79 Å². The first-order chi connectivity index (χ1) is 6.60. The van der Waals surface area contributed by atoms with Crippen molar-refractivity contribution in [1.29, 1.82) is 5.26 Å². The summed E-state index contributed by atoms with van der Waals surface area (Å²) < 4.78 is 0. The first-order valence-corrected chi connectivity index (χ1v) is 6.18. The highest BCUT2D eigenvalue weighted by Crippen LogP contribution is 2.19. The molecule has 1 atom stereocenters. The van der Waals surface area contributed by atoms with Crippen LogP contribution in [0.1, 0.15) is 26.7 Å². The fraction of sp³-hybridized carbons (Fsp3) is 0.800. The molecular formula is C10H18N2OS. The van der Waals surface area contributed by atoms with E-state index in [1.54, 1.807) is 18.7 Å². The molecule has 80 valence electrons. The number of nitrogens with one attached hydrogen (secondary N) is 1. The largest absolute Gasteiger partial charge is 0.355 e. The number of rotatable bonds is 6. The van der Waals surface area contributed by atoms with Gasteiger partial charge in [0.15, 0.2) is 0 Å². The van der Waals surface area contributed by atoms with Crippen LogP contribution in [0.15, 0.2) is 0 Å². The molecule has 0 aromatic carbocycles. The van der Waals surface area contributed by atoms with Crippen molar-refractivity contribution < 1.29 is 4.79 Å². The lowest BCUT2D eigenvalue weighted by Crippen LogP contribution is -2.38. The molecule has 0 aliphatic carbocycles. The molecule has 0 aliphatic rings. The lowest BCUT2D eigenvalue weighted by Gasteiger charge is -2.18. The van der Waals surface area contributed by atoms with Gasteiger partial charge in [-0.25, -0.2) is 0 Å². The summed E-state index contributed by atoms with van der Waals surface area (Å²) in [5.41, 5.74) is -0.862. The minimum Gasteiger partial charge on any atom is -0.355 e. The SMILES string of the molecule is CCC(C)(C#N)C(=O)NCCCSC. The van der Waals surface area contributed by atoms with Crippen LogP contribution in [0, 0.1) is 16.7 Å². The van der Waals surface area contributed by atoms with Crippen LogP contribution in [-0.4, -0.2) is 24.5 Å². The summed E-state index contributed by atoms with van der Waals surface area (Å²) in [6.45, 7) is 4.19. The Morgan fingerprint density at radius 1 is 1.64 bits per heavy atom. The molecule has 0 aromatic heterocycles. The number of hydrogen-bond acceptors (Lipinski definition) is 3. The molecule has 1 unspecified atom stereocenters. The third kappa shape index (κ3) is 4.01. The van der Waals surface area contributed by atoms with Gasteiger partial charge in [0.05, 0.1) is 6.07 Å². The maximum absolute atomic E-state index is 11.5. The summed E-state index contributed by atoms with van der Waals surface area (Å²) in [4.78, 5) is 11.5. The molecular weight excluding hydrogens is 196 g/mol. The molecule has 0 spiro atoms. The van der Waals surface area contributed by atoms with Crippen LogP contribution < -0.4 is 5.32 Å². The van der Waals surface area contributed by atoms with Crippen LogP contribution in [0.2, 0.25) is 0 Å². The minimum atomic E-state index is -0.862. The van der Waals surface area contributed by atoms with Crippen LogP contribution >= 0.6 is 11.8 Å². The number of nitrogens with zero attached hydrogens (tertiary/aromatic N) is 1. The average Bonchev–Trinajstić information content (AvgIpc) is 2.22. The molecule has 0 saturated carbocycles. The first-order valence-electron chi connectivity index (χ1n) is 4.79. The van der Waals surface area contributed by atoms with Crippen molar-refractivity contribution in [2.24, 2.45) is 5.41 Å². The van der Waals surface area contributed by atoms with Crippen molar-refractivity contribution >= 4 is 17.7 Å². The zero-order valence-electron chi connectivity index (χ0n) is 9.09. The van der Waals surface area contributed by atoms with Gasteiger partial charge in [-0.2, -0.15) is 17.0 Å². The molecule has 0 heterocycles. The van der Waals surface area contributed by atoms with Gasteiger partial charge in [-0.3, -0.25) is 4.79 Å². The highest BCUT2D eigenvalue weighted by Gasteiger charge is 2.30. The number of carbonyl (C=O) groups is 1. The van der Waals surface area contributed by atoms with E-state index in [-0.39, 0.29) is 5.91 Å². The Bertz CT molecular complexity index is 225. The topological polar surface area (TPSA) is 52.9 Å². The highest BCUT2D eigenvalue weighted by molar-refractivity contribution is 7.98. The van der Waals surface area contributed by atoms with E-state index in [4.69, 9.17) is 5.26 Å². The molecule has 0 aliphatic heterocycles. The molecule has 1 N–H and O–H groups in total. The predicted molar refractivity (Wildman–Crippen MR) is 60.0 cm³/mol. The predicted octanol–water partition coefficient (Wildman–Crippen LogP) is 1.80. The lowest BCUT2D eigenvalue weighted by atomic mass is 9.88. The quantitative estimate of drug-likeness (QED) is 0.686. The maximum Gasteiger partial charge on any atom is 0.240 e. The second-order valence-corrected chi connectivity index (χ2v) is 4.39. The first kappa shape index (κ1) is 13.3. The average molecular weight is 214 g/mol. The summed E-state index contributed by atoms with van der Waals surface area (Å²) in [5, 5.41) is 11.6. The molecule has 14 heavy (non-hydrogen) atoms. The molecule has 0 fully saturated rings. The maximum atomic E-state index is 11.5.